The van der Waals surface area contributed by atoms with Crippen molar-refractivity contribution < 1.29 is 14.7 Å². The predicted molar refractivity (Wildman–Crippen MR) is 197 cm³/mol. The second kappa shape index (κ2) is 15.3. The van der Waals surface area contributed by atoms with Crippen molar-refractivity contribution in [1.82, 2.24) is 15.5 Å². The fourth-order valence-electron chi connectivity index (χ4n) is 9.70. The van der Waals surface area contributed by atoms with Gasteiger partial charge in [0.05, 0.1) is 0 Å². The zero-order valence-corrected chi connectivity index (χ0v) is 29.9. The van der Waals surface area contributed by atoms with Crippen LogP contribution in [0.15, 0.2) is 42.5 Å². The minimum Gasteiger partial charge on any atom is -0.480 e. The minimum atomic E-state index is -1.01. The summed E-state index contributed by atoms with van der Waals surface area (Å²) in [5.41, 5.74) is 4.77. The fourth-order valence-corrected chi connectivity index (χ4v) is 10.5. The summed E-state index contributed by atoms with van der Waals surface area (Å²) in [5, 5.41) is 17.2. The molecule has 2 aromatic carbocycles. The number of benzene rings is 2. The number of carbonyl (C=O) groups is 2. The fraction of sp³-hybridized carbons (Fsp3) is 0.615. The molecule has 5 fully saturated rings. The predicted octanol–water partition coefficient (Wildman–Crippen LogP) is 7.87. The van der Waals surface area contributed by atoms with E-state index < -0.39 is 12.0 Å². The number of aryl methyl sites for hydroxylation is 1. The van der Waals surface area contributed by atoms with Gasteiger partial charge in [-0.3, -0.25) is 4.79 Å². The van der Waals surface area contributed by atoms with Crippen LogP contribution < -0.4 is 10.6 Å². The van der Waals surface area contributed by atoms with Gasteiger partial charge in [0, 0.05) is 24.2 Å². The van der Waals surface area contributed by atoms with Gasteiger partial charge in [0.25, 0.3) is 5.91 Å². The maximum Gasteiger partial charge on any atom is 0.326 e. The smallest absolute Gasteiger partial charge is 0.326 e. The summed E-state index contributed by atoms with van der Waals surface area (Å²) in [6.45, 7) is 3.89. The Labute approximate surface area is 291 Å². The van der Waals surface area contributed by atoms with Crippen LogP contribution in [0, 0.1) is 30.6 Å². The highest BCUT2D eigenvalue weighted by atomic mass is 32.2. The third-order valence-corrected chi connectivity index (χ3v) is 12.7. The highest BCUT2D eigenvalue weighted by Crippen LogP contribution is 2.58. The van der Waals surface area contributed by atoms with Crippen molar-refractivity contribution in [2.45, 2.75) is 102 Å². The van der Waals surface area contributed by atoms with Gasteiger partial charge in [-0.15, -0.1) is 0 Å². The maximum atomic E-state index is 13.5. The van der Waals surface area contributed by atoms with Crippen LogP contribution in [0.1, 0.15) is 98.5 Å². The van der Waals surface area contributed by atoms with Gasteiger partial charge in [-0.1, -0.05) is 55.7 Å². The Morgan fingerprint density at radius 2 is 1.68 bits per heavy atom. The van der Waals surface area contributed by atoms with Crippen LogP contribution in [0.4, 0.5) is 0 Å². The van der Waals surface area contributed by atoms with E-state index in [0.29, 0.717) is 17.7 Å². The lowest BCUT2D eigenvalue weighted by Gasteiger charge is -2.61. The van der Waals surface area contributed by atoms with Crippen molar-refractivity contribution in [1.29, 1.82) is 0 Å². The maximum absolute atomic E-state index is 13.5. The number of carboxylic acids is 1. The first-order valence-electron chi connectivity index (χ1n) is 18.0. The number of aliphatic carboxylic acids is 1. The molecule has 0 radical (unpaired) electrons. The van der Waals surface area contributed by atoms with Gasteiger partial charge in [0.2, 0.25) is 0 Å². The quantitative estimate of drug-likeness (QED) is 0.187. The molecule has 0 aromatic heterocycles. The highest BCUT2D eigenvalue weighted by molar-refractivity contribution is 7.98. The van der Waals surface area contributed by atoms with Crippen LogP contribution in [0.2, 0.25) is 0 Å². The van der Waals surface area contributed by atoms with Gasteiger partial charge in [-0.05, 0) is 147 Å². The van der Waals surface area contributed by atoms with E-state index in [1.807, 2.05) is 49.6 Å². The van der Waals surface area contributed by atoms with E-state index in [4.69, 9.17) is 12.2 Å². The summed E-state index contributed by atoms with van der Waals surface area (Å²) < 4.78 is 0. The molecule has 0 heterocycles. The number of hydrogen-bond acceptors (Lipinski definition) is 4. The summed E-state index contributed by atoms with van der Waals surface area (Å²) in [6, 6.07) is 13.1. The van der Waals surface area contributed by atoms with Gasteiger partial charge < -0.3 is 20.6 Å². The third-order valence-electron chi connectivity index (χ3n) is 11.7. The molecule has 0 unspecified atom stereocenters. The van der Waals surface area contributed by atoms with Crippen LogP contribution in [0.5, 0.6) is 0 Å². The van der Waals surface area contributed by atoms with Crippen LogP contribution in [-0.4, -0.2) is 63.7 Å². The zero-order chi connectivity index (χ0) is 33.0. The van der Waals surface area contributed by atoms with Crippen LogP contribution in [0.3, 0.4) is 0 Å². The highest BCUT2D eigenvalue weighted by Gasteiger charge is 2.54. The van der Waals surface area contributed by atoms with Crippen LogP contribution >= 0.6 is 24.0 Å². The number of carbonyl (C=O) groups excluding carboxylic acids is 1. The Hall–Kier alpha value is -2.58. The van der Waals surface area contributed by atoms with Crippen molar-refractivity contribution >= 4 is 41.0 Å². The topological polar surface area (TPSA) is 81.7 Å². The summed E-state index contributed by atoms with van der Waals surface area (Å²) in [4.78, 5) is 28.1. The molecule has 7 rings (SSSR count). The van der Waals surface area contributed by atoms with E-state index in [1.165, 1.54) is 70.6 Å². The summed E-state index contributed by atoms with van der Waals surface area (Å²) in [7, 11) is 0. The van der Waals surface area contributed by atoms with Gasteiger partial charge in [-0.25, -0.2) is 4.79 Å². The Morgan fingerprint density at radius 3 is 2.32 bits per heavy atom. The Morgan fingerprint density at radius 1 is 1.00 bits per heavy atom. The minimum absolute atomic E-state index is 0.243. The molecule has 4 bridgehead atoms. The van der Waals surface area contributed by atoms with E-state index in [1.54, 1.807) is 11.8 Å². The summed E-state index contributed by atoms with van der Waals surface area (Å²) in [5.74, 6) is 2.69. The standard InChI is InChI=1S/C39H53N3O3S2/c1-26-8-6-7-11-32(26)34-21-27(12-13-33(34)36(43)41-35(37(44)45)15-17-47-2)14-16-40-38(46)42(25-28-9-4-3-5-10-28)39-22-29-18-30(23-39)20-31(19-29)24-39/h6-8,11-13,21,28-31,35H,3-5,9-10,14-20,22-25H2,1-2H3,(H,40,46)(H,41,43)(H,44,45)/t29?,30?,31?,35-,39?/m0/s1. The van der Waals surface area contributed by atoms with Crippen molar-refractivity contribution in [2.24, 2.45) is 23.7 Å². The molecule has 8 heteroatoms. The average Bonchev–Trinajstić information content (AvgIpc) is 3.05. The Balaban J connectivity index is 1.18. The second-order valence-electron chi connectivity index (χ2n) is 15.1. The van der Waals surface area contributed by atoms with E-state index >= 15 is 0 Å². The molecule has 5 aliphatic carbocycles. The van der Waals surface area contributed by atoms with E-state index in [2.05, 4.69) is 21.6 Å². The van der Waals surface area contributed by atoms with Crippen molar-refractivity contribution in [2.75, 3.05) is 25.1 Å². The molecule has 47 heavy (non-hydrogen) atoms. The molecule has 254 valence electrons. The first-order chi connectivity index (χ1) is 22.7. The SMILES string of the molecule is CSCC[C@H](NC(=O)c1ccc(CCNC(=S)N(CC2CCCCC2)C23CC4CC(CC(C4)C2)C3)cc1-c1ccccc1C)C(=O)O. The molecule has 0 aliphatic heterocycles. The molecule has 5 saturated carbocycles. The molecule has 1 amide bonds. The lowest BCUT2D eigenvalue weighted by atomic mass is 9.52. The normalized spacial score (nSPS) is 25.7. The van der Waals surface area contributed by atoms with Crippen molar-refractivity contribution in [3.63, 3.8) is 0 Å². The lowest BCUT2D eigenvalue weighted by molar-refractivity contribution is -0.139. The monoisotopic (exact) mass is 675 g/mol. The first kappa shape index (κ1) is 34.3. The number of hydrogen-bond donors (Lipinski definition) is 3. The van der Waals surface area contributed by atoms with Crippen molar-refractivity contribution in [3.05, 3.63) is 59.2 Å². The molecule has 2 aromatic rings. The summed E-state index contributed by atoms with van der Waals surface area (Å²) in [6.07, 6.45) is 18.1. The number of thiocarbonyl (C=S) groups is 1. The molecule has 3 N–H and O–H groups in total. The van der Waals surface area contributed by atoms with E-state index in [9.17, 15) is 14.7 Å². The molecule has 0 spiro atoms. The number of thioether (sulfide) groups is 1. The zero-order valence-electron chi connectivity index (χ0n) is 28.3. The number of nitrogens with zero attached hydrogens (tertiary/aromatic N) is 1. The molecular formula is C39H53N3O3S2. The largest absolute Gasteiger partial charge is 0.480 e. The first-order valence-corrected chi connectivity index (χ1v) is 19.8. The Bertz CT molecular complexity index is 1400. The second-order valence-corrected chi connectivity index (χ2v) is 16.5. The number of rotatable bonds is 13. The van der Waals surface area contributed by atoms with Crippen molar-refractivity contribution in [3.8, 4) is 11.1 Å². The van der Waals surface area contributed by atoms with E-state index in [-0.39, 0.29) is 11.4 Å². The van der Waals surface area contributed by atoms with Gasteiger partial charge in [0.15, 0.2) is 5.11 Å². The average molecular weight is 676 g/mol. The molecule has 0 saturated heterocycles. The molecule has 1 atom stereocenters. The van der Waals surface area contributed by atoms with Gasteiger partial charge in [-0.2, -0.15) is 11.8 Å². The number of carboxylic acid groups (broad SMARTS) is 1. The molecule has 6 nitrogen and oxygen atoms in total. The van der Waals surface area contributed by atoms with Crippen LogP contribution in [0.25, 0.3) is 11.1 Å². The third kappa shape index (κ3) is 8.01. The summed E-state index contributed by atoms with van der Waals surface area (Å²) >= 11 is 7.85. The van der Waals surface area contributed by atoms with E-state index in [0.717, 1.165) is 70.5 Å². The van der Waals surface area contributed by atoms with Gasteiger partial charge >= 0.3 is 5.97 Å². The van der Waals surface area contributed by atoms with Crippen LogP contribution in [-0.2, 0) is 11.2 Å². The molecular weight excluding hydrogens is 623 g/mol. The number of nitrogens with one attached hydrogen (secondary N) is 2. The van der Waals surface area contributed by atoms with Gasteiger partial charge in [0.1, 0.15) is 6.04 Å². The lowest BCUT2D eigenvalue weighted by Crippen LogP contribution is -2.64. The molecule has 5 aliphatic rings. The number of amides is 1. The Kier molecular flexibility index (Phi) is 11.2.